The molecule has 0 radical (unpaired) electrons. The number of hydrogen-bond acceptors (Lipinski definition) is 1. The molecule has 0 aliphatic heterocycles. The van der Waals surface area contributed by atoms with Crippen molar-refractivity contribution in [2.75, 3.05) is 0 Å². The lowest BCUT2D eigenvalue weighted by Gasteiger charge is -2.13. The molecule has 2 aromatic rings. The van der Waals surface area contributed by atoms with Crippen molar-refractivity contribution in [1.29, 1.82) is 0 Å². The average molecular weight is 392 g/mol. The predicted octanol–water partition coefficient (Wildman–Crippen LogP) is 4.77. The minimum atomic E-state index is -1.02. The van der Waals surface area contributed by atoms with Crippen LogP contribution in [0.5, 0.6) is 0 Å². The summed E-state index contributed by atoms with van der Waals surface area (Å²) in [7, 11) is 0. The van der Waals surface area contributed by atoms with Crippen molar-refractivity contribution < 1.29 is 13.9 Å². The smallest absolute Gasteiger partial charge is 0.143 e. The van der Waals surface area contributed by atoms with E-state index in [2.05, 4.69) is 31.9 Å². The summed E-state index contributed by atoms with van der Waals surface area (Å²) in [6.07, 6.45) is -0.879. The van der Waals surface area contributed by atoms with Crippen LogP contribution in [0.4, 0.5) is 8.78 Å². The molecular formula is C14H10Br2F2O. The van der Waals surface area contributed by atoms with Gasteiger partial charge in [0, 0.05) is 16.5 Å². The highest BCUT2D eigenvalue weighted by atomic mass is 79.9. The molecule has 0 fully saturated rings. The van der Waals surface area contributed by atoms with Gasteiger partial charge >= 0.3 is 0 Å². The molecule has 0 saturated carbocycles. The van der Waals surface area contributed by atoms with E-state index >= 15 is 0 Å². The molecule has 19 heavy (non-hydrogen) atoms. The zero-order chi connectivity index (χ0) is 14.0. The summed E-state index contributed by atoms with van der Waals surface area (Å²) in [4.78, 5) is 0. The van der Waals surface area contributed by atoms with Crippen molar-refractivity contribution in [2.24, 2.45) is 0 Å². The van der Waals surface area contributed by atoms with Gasteiger partial charge in [0.15, 0.2) is 0 Å². The second-order valence-electron chi connectivity index (χ2n) is 4.14. The Labute approximate surface area is 126 Å². The lowest BCUT2D eigenvalue weighted by atomic mass is 10.0. The quantitative estimate of drug-likeness (QED) is 0.799. The summed E-state index contributed by atoms with van der Waals surface area (Å²) >= 11 is 6.25. The number of aliphatic hydroxyl groups excluding tert-OH is 1. The van der Waals surface area contributed by atoms with Crippen molar-refractivity contribution in [2.45, 2.75) is 12.5 Å². The van der Waals surface area contributed by atoms with Gasteiger partial charge in [-0.05, 0) is 45.8 Å². The molecule has 0 aromatic heterocycles. The lowest BCUT2D eigenvalue weighted by Crippen LogP contribution is -2.05. The van der Waals surface area contributed by atoms with Crippen molar-refractivity contribution in [3.05, 3.63) is 68.1 Å². The van der Waals surface area contributed by atoms with Crippen molar-refractivity contribution >= 4 is 31.9 Å². The highest BCUT2D eigenvalue weighted by Gasteiger charge is 2.15. The maximum Gasteiger partial charge on any atom is 0.143 e. The Bertz CT molecular complexity index is 582. The van der Waals surface area contributed by atoms with E-state index in [1.807, 2.05) is 0 Å². The minimum Gasteiger partial charge on any atom is -0.388 e. The van der Waals surface area contributed by atoms with Crippen LogP contribution in [0.25, 0.3) is 0 Å². The topological polar surface area (TPSA) is 20.2 Å². The van der Waals surface area contributed by atoms with Crippen LogP contribution < -0.4 is 0 Å². The van der Waals surface area contributed by atoms with Gasteiger partial charge in [-0.15, -0.1) is 0 Å². The normalized spacial score (nSPS) is 12.5. The second kappa shape index (κ2) is 6.11. The lowest BCUT2D eigenvalue weighted by molar-refractivity contribution is 0.173. The Morgan fingerprint density at radius 2 is 1.84 bits per heavy atom. The van der Waals surface area contributed by atoms with E-state index in [1.54, 1.807) is 18.2 Å². The molecular weight excluding hydrogens is 382 g/mol. The molecule has 0 saturated heterocycles. The first-order chi connectivity index (χ1) is 8.97. The molecule has 0 bridgehead atoms. The third-order valence-corrected chi connectivity index (χ3v) is 3.76. The van der Waals surface area contributed by atoms with Crippen LogP contribution in [-0.2, 0) is 6.42 Å². The molecule has 100 valence electrons. The number of aliphatic hydroxyl groups is 1. The Morgan fingerprint density at radius 3 is 2.53 bits per heavy atom. The summed E-state index contributed by atoms with van der Waals surface area (Å²) in [5.41, 5.74) is 0.786. The van der Waals surface area contributed by atoms with Gasteiger partial charge in [0.2, 0.25) is 0 Å². The van der Waals surface area contributed by atoms with Gasteiger partial charge in [-0.1, -0.05) is 28.1 Å². The molecule has 0 aliphatic rings. The molecule has 2 rings (SSSR count). The van der Waals surface area contributed by atoms with Crippen molar-refractivity contribution in [3.63, 3.8) is 0 Å². The molecule has 0 amide bonds. The molecule has 5 heteroatoms. The summed E-state index contributed by atoms with van der Waals surface area (Å²) in [6, 6.07) is 9.07. The van der Waals surface area contributed by atoms with Gasteiger partial charge in [-0.25, -0.2) is 8.78 Å². The third kappa shape index (κ3) is 3.61. The Kier molecular flexibility index (Phi) is 4.71. The van der Waals surface area contributed by atoms with E-state index in [1.165, 1.54) is 18.2 Å². The molecule has 0 aliphatic carbocycles. The predicted molar refractivity (Wildman–Crippen MR) is 76.9 cm³/mol. The SMILES string of the molecule is OC(Cc1cc(F)cc(Br)c1)c1cccc(Br)c1F. The first kappa shape index (κ1) is 14.6. The third-order valence-electron chi connectivity index (χ3n) is 2.69. The second-order valence-corrected chi connectivity index (χ2v) is 5.91. The van der Waals surface area contributed by atoms with Gasteiger partial charge < -0.3 is 5.11 Å². The van der Waals surface area contributed by atoms with Crippen LogP contribution in [0.2, 0.25) is 0 Å². The van der Waals surface area contributed by atoms with Crippen LogP contribution in [0, 0.1) is 11.6 Å². The van der Waals surface area contributed by atoms with E-state index in [-0.39, 0.29) is 12.0 Å². The van der Waals surface area contributed by atoms with Crippen molar-refractivity contribution in [1.82, 2.24) is 0 Å². The first-order valence-corrected chi connectivity index (χ1v) is 7.13. The molecule has 1 nitrogen and oxygen atoms in total. The maximum atomic E-state index is 13.8. The largest absolute Gasteiger partial charge is 0.388 e. The molecule has 1 N–H and O–H groups in total. The highest BCUT2D eigenvalue weighted by Crippen LogP contribution is 2.27. The summed E-state index contributed by atoms with van der Waals surface area (Å²) < 4.78 is 27.9. The van der Waals surface area contributed by atoms with Gasteiger partial charge in [0.1, 0.15) is 11.6 Å². The number of halogens is 4. The zero-order valence-corrected chi connectivity index (χ0v) is 12.9. The average Bonchev–Trinajstić information content (AvgIpc) is 2.31. The molecule has 0 heterocycles. The monoisotopic (exact) mass is 390 g/mol. The van der Waals surface area contributed by atoms with Crippen LogP contribution >= 0.6 is 31.9 Å². The van der Waals surface area contributed by atoms with E-state index in [9.17, 15) is 13.9 Å². The Hall–Kier alpha value is -0.780. The highest BCUT2D eigenvalue weighted by molar-refractivity contribution is 9.10. The molecule has 1 unspecified atom stereocenters. The van der Waals surface area contributed by atoms with Gasteiger partial charge in [-0.2, -0.15) is 0 Å². The van der Waals surface area contributed by atoms with E-state index < -0.39 is 17.7 Å². The zero-order valence-electron chi connectivity index (χ0n) is 9.71. The summed E-state index contributed by atoms with van der Waals surface area (Å²) in [5, 5.41) is 10.1. The van der Waals surface area contributed by atoms with E-state index in [0.29, 0.717) is 14.5 Å². The van der Waals surface area contributed by atoms with Crippen LogP contribution in [0.15, 0.2) is 45.3 Å². The first-order valence-electron chi connectivity index (χ1n) is 5.54. The van der Waals surface area contributed by atoms with Gasteiger partial charge in [0.05, 0.1) is 10.6 Å². The fourth-order valence-corrected chi connectivity index (χ4v) is 2.73. The molecule has 1 atom stereocenters. The number of hydrogen-bond donors (Lipinski definition) is 1. The summed E-state index contributed by atoms with van der Waals surface area (Å²) in [6.45, 7) is 0. The van der Waals surface area contributed by atoms with Gasteiger partial charge in [0.25, 0.3) is 0 Å². The van der Waals surface area contributed by atoms with Crippen LogP contribution in [0.3, 0.4) is 0 Å². The van der Waals surface area contributed by atoms with Crippen LogP contribution in [-0.4, -0.2) is 5.11 Å². The van der Waals surface area contributed by atoms with Gasteiger partial charge in [-0.3, -0.25) is 0 Å². The number of benzene rings is 2. The van der Waals surface area contributed by atoms with E-state index in [0.717, 1.165) is 0 Å². The van der Waals surface area contributed by atoms with Crippen LogP contribution in [0.1, 0.15) is 17.2 Å². The Balaban J connectivity index is 2.25. The number of rotatable bonds is 3. The fraction of sp³-hybridized carbons (Fsp3) is 0.143. The minimum absolute atomic E-state index is 0.143. The fourth-order valence-electron chi connectivity index (χ4n) is 1.84. The van der Waals surface area contributed by atoms with E-state index in [4.69, 9.17) is 0 Å². The standard InChI is InChI=1S/C14H10Br2F2O/c15-9-4-8(5-10(17)7-9)6-13(19)11-2-1-3-12(16)14(11)18/h1-5,7,13,19H,6H2. The van der Waals surface area contributed by atoms with Crippen molar-refractivity contribution in [3.8, 4) is 0 Å². The summed E-state index contributed by atoms with van der Waals surface area (Å²) in [5.74, 6) is -0.892. The molecule has 0 spiro atoms. The Morgan fingerprint density at radius 1 is 1.11 bits per heavy atom. The maximum absolute atomic E-state index is 13.8. The molecule has 2 aromatic carbocycles.